The number of nitrogens with zero attached hydrogens (tertiary/aromatic N) is 5. The molecule has 254 valence electrons. The average Bonchev–Trinajstić information content (AvgIpc) is 3.43. The zero-order valence-corrected chi connectivity index (χ0v) is 27.8. The third-order valence-electron chi connectivity index (χ3n) is 7.90. The van der Waals surface area contributed by atoms with Crippen LogP contribution in [-0.2, 0) is 25.5 Å². The Kier molecular flexibility index (Phi) is 12.0. The first-order valence-electron chi connectivity index (χ1n) is 15.3. The highest BCUT2D eigenvalue weighted by Gasteiger charge is 2.40. The Morgan fingerprint density at radius 2 is 1.83 bits per heavy atom. The summed E-state index contributed by atoms with van der Waals surface area (Å²) in [5.74, 6) is -1.19. The lowest BCUT2D eigenvalue weighted by atomic mass is 9.88. The summed E-state index contributed by atoms with van der Waals surface area (Å²) >= 11 is 12.2. The molecule has 47 heavy (non-hydrogen) atoms. The number of likely N-dealkylation sites (N-methyl/N-ethyl adjacent to an activating group) is 1. The van der Waals surface area contributed by atoms with Crippen molar-refractivity contribution < 1.29 is 28.7 Å². The molecular formula is C30H39Cl2N9O6. The van der Waals surface area contributed by atoms with Gasteiger partial charge in [-0.25, -0.2) is 14.8 Å². The number of aliphatic imine (C=N–C) groups is 1. The minimum atomic E-state index is -0.677. The van der Waals surface area contributed by atoms with Gasteiger partial charge in [-0.15, -0.1) is 0 Å². The van der Waals surface area contributed by atoms with Gasteiger partial charge >= 0.3 is 5.97 Å². The second-order valence-electron chi connectivity index (χ2n) is 11.2. The van der Waals surface area contributed by atoms with Crippen LogP contribution in [0.1, 0.15) is 55.6 Å². The first-order valence-corrected chi connectivity index (χ1v) is 16.0. The number of benzene rings is 1. The van der Waals surface area contributed by atoms with Crippen molar-refractivity contribution in [2.75, 3.05) is 57.4 Å². The summed E-state index contributed by atoms with van der Waals surface area (Å²) in [7, 11) is 0. The van der Waals surface area contributed by atoms with Crippen molar-refractivity contribution in [3.05, 3.63) is 39.6 Å². The average molecular weight is 693 g/mol. The van der Waals surface area contributed by atoms with Crippen LogP contribution in [0.15, 0.2) is 23.2 Å². The Morgan fingerprint density at radius 3 is 2.51 bits per heavy atom. The SMILES string of the molecule is CCCN(CC)C(=O)COC(=O)COc1ccc(CCC(=O)N2CCC3(CC2)CN=C(NC(=O)c2nc(Cl)c(N)nc2N)N3)cc1Cl. The Hall–Kier alpha value is -4.37. The van der Waals surface area contributed by atoms with Crippen LogP contribution in [0.5, 0.6) is 5.75 Å². The fourth-order valence-electron chi connectivity index (χ4n) is 5.24. The number of nitrogen functional groups attached to an aromatic ring is 2. The van der Waals surface area contributed by atoms with Gasteiger partial charge in [0.1, 0.15) is 5.75 Å². The maximum atomic E-state index is 13.0. The Labute approximate surface area is 282 Å². The predicted molar refractivity (Wildman–Crippen MR) is 176 cm³/mol. The Balaban J connectivity index is 1.17. The van der Waals surface area contributed by atoms with Gasteiger partial charge in [0, 0.05) is 32.6 Å². The quantitative estimate of drug-likeness (QED) is 0.236. The monoisotopic (exact) mass is 691 g/mol. The zero-order valence-electron chi connectivity index (χ0n) is 26.3. The number of rotatable bonds is 12. The molecule has 1 aromatic heterocycles. The number of piperidine rings is 1. The number of carbonyl (C=O) groups excluding carboxylic acids is 4. The maximum absolute atomic E-state index is 13.0. The molecule has 3 heterocycles. The Bertz CT molecular complexity index is 1530. The molecular weight excluding hydrogens is 653 g/mol. The van der Waals surface area contributed by atoms with Crippen LogP contribution < -0.4 is 26.8 Å². The molecule has 1 spiro atoms. The second-order valence-corrected chi connectivity index (χ2v) is 12.0. The summed E-state index contributed by atoms with van der Waals surface area (Å²) in [6.45, 7) is 5.73. The molecule has 17 heteroatoms. The van der Waals surface area contributed by atoms with E-state index in [2.05, 4.69) is 25.6 Å². The molecule has 3 amide bonds. The maximum Gasteiger partial charge on any atom is 0.344 e. The summed E-state index contributed by atoms with van der Waals surface area (Å²) in [5, 5.41) is 6.10. The van der Waals surface area contributed by atoms with Crippen LogP contribution in [-0.4, -0.2) is 101 Å². The number of hydrogen-bond donors (Lipinski definition) is 4. The van der Waals surface area contributed by atoms with Gasteiger partial charge in [0.05, 0.1) is 17.1 Å². The minimum absolute atomic E-state index is 0.0101. The van der Waals surface area contributed by atoms with Crippen molar-refractivity contribution in [1.82, 2.24) is 30.4 Å². The van der Waals surface area contributed by atoms with Gasteiger partial charge in [-0.2, -0.15) is 0 Å². The summed E-state index contributed by atoms with van der Waals surface area (Å²) in [5.41, 5.74) is 11.6. The topological polar surface area (TPSA) is 207 Å². The van der Waals surface area contributed by atoms with Crippen molar-refractivity contribution in [3.63, 3.8) is 0 Å². The molecule has 1 aromatic carbocycles. The first-order chi connectivity index (χ1) is 22.4. The smallest absolute Gasteiger partial charge is 0.344 e. The molecule has 0 aliphatic carbocycles. The third-order valence-corrected chi connectivity index (χ3v) is 8.48. The van der Waals surface area contributed by atoms with Crippen molar-refractivity contribution >= 4 is 64.5 Å². The highest BCUT2D eigenvalue weighted by atomic mass is 35.5. The molecule has 2 aliphatic rings. The summed E-state index contributed by atoms with van der Waals surface area (Å²) in [6, 6.07) is 5.11. The standard InChI is InChI=1S/C30H39Cl2N9O6/c1-3-11-40(4-2)22(43)15-47-23(44)16-46-20-7-5-18(14-19(20)31)6-8-21(42)41-12-9-30(10-13-41)17-35-29(39-30)38-28(45)24-26(33)37-27(34)25(32)36-24/h5,7,14H,3-4,6,8-13,15-17H2,1-2H3,(H4,33,34,37)(H2,35,38,39,45). The van der Waals surface area contributed by atoms with Crippen LogP contribution >= 0.6 is 23.2 Å². The molecule has 6 N–H and O–H groups in total. The fourth-order valence-corrected chi connectivity index (χ4v) is 5.63. The number of guanidine groups is 1. The highest BCUT2D eigenvalue weighted by molar-refractivity contribution is 6.32. The van der Waals surface area contributed by atoms with E-state index in [1.165, 1.54) is 0 Å². The number of ether oxygens (including phenoxy) is 2. The molecule has 0 unspecified atom stereocenters. The number of nitrogens with two attached hydrogens (primary N) is 2. The fraction of sp³-hybridized carbons (Fsp3) is 0.500. The van der Waals surface area contributed by atoms with Crippen LogP contribution in [0.3, 0.4) is 0 Å². The van der Waals surface area contributed by atoms with Crippen molar-refractivity contribution in [3.8, 4) is 5.75 Å². The van der Waals surface area contributed by atoms with E-state index in [0.717, 1.165) is 12.0 Å². The van der Waals surface area contributed by atoms with E-state index in [1.54, 1.807) is 23.1 Å². The summed E-state index contributed by atoms with van der Waals surface area (Å²) in [4.78, 5) is 65.5. The summed E-state index contributed by atoms with van der Waals surface area (Å²) < 4.78 is 10.5. The molecule has 0 atom stereocenters. The molecule has 1 saturated heterocycles. The summed E-state index contributed by atoms with van der Waals surface area (Å²) in [6.07, 6.45) is 2.85. The van der Waals surface area contributed by atoms with Crippen molar-refractivity contribution in [2.45, 2.75) is 51.5 Å². The van der Waals surface area contributed by atoms with Gasteiger partial charge in [-0.3, -0.25) is 24.7 Å². The number of anilines is 2. The van der Waals surface area contributed by atoms with E-state index >= 15 is 0 Å². The van der Waals surface area contributed by atoms with E-state index < -0.39 is 18.5 Å². The number of aryl methyl sites for hydroxylation is 1. The van der Waals surface area contributed by atoms with E-state index in [4.69, 9.17) is 44.1 Å². The molecule has 1 fully saturated rings. The van der Waals surface area contributed by atoms with Gasteiger partial charge in [0.2, 0.25) is 5.91 Å². The van der Waals surface area contributed by atoms with Gasteiger partial charge in [-0.05, 0) is 50.3 Å². The normalized spacial score (nSPS) is 15.1. The number of likely N-dealkylation sites (tertiary alicyclic amines) is 1. The first kappa shape index (κ1) is 35.5. The number of halogens is 2. The number of amides is 3. The van der Waals surface area contributed by atoms with Crippen LogP contribution in [0.2, 0.25) is 10.2 Å². The molecule has 4 rings (SSSR count). The molecule has 15 nitrogen and oxygen atoms in total. The number of carbonyl (C=O) groups is 4. The number of hydrogen-bond acceptors (Lipinski definition) is 12. The molecule has 0 bridgehead atoms. The predicted octanol–water partition coefficient (Wildman–Crippen LogP) is 1.81. The van der Waals surface area contributed by atoms with Crippen molar-refractivity contribution in [1.29, 1.82) is 0 Å². The lowest BCUT2D eigenvalue weighted by Crippen LogP contribution is -2.57. The lowest BCUT2D eigenvalue weighted by Gasteiger charge is -2.39. The minimum Gasteiger partial charge on any atom is -0.480 e. The second kappa shape index (κ2) is 16.0. The van der Waals surface area contributed by atoms with Gasteiger partial charge in [-0.1, -0.05) is 36.2 Å². The Morgan fingerprint density at radius 1 is 1.09 bits per heavy atom. The number of esters is 1. The lowest BCUT2D eigenvalue weighted by molar-refractivity contribution is -0.153. The molecule has 2 aromatic rings. The van der Waals surface area contributed by atoms with Crippen molar-refractivity contribution in [2.24, 2.45) is 4.99 Å². The third kappa shape index (κ3) is 9.35. The van der Waals surface area contributed by atoms with E-state index in [9.17, 15) is 19.2 Å². The molecule has 0 radical (unpaired) electrons. The van der Waals surface area contributed by atoms with Crippen LogP contribution in [0, 0.1) is 0 Å². The van der Waals surface area contributed by atoms with E-state index in [1.807, 2.05) is 18.7 Å². The van der Waals surface area contributed by atoms with Crippen LogP contribution in [0.25, 0.3) is 0 Å². The van der Waals surface area contributed by atoms with Gasteiger partial charge in [0.15, 0.2) is 41.7 Å². The largest absolute Gasteiger partial charge is 0.480 e. The number of nitrogens with one attached hydrogen (secondary N) is 2. The molecule has 2 aliphatic heterocycles. The van der Waals surface area contributed by atoms with Crippen LogP contribution in [0.4, 0.5) is 11.6 Å². The molecule has 0 saturated carbocycles. The van der Waals surface area contributed by atoms with E-state index in [0.29, 0.717) is 62.8 Å². The van der Waals surface area contributed by atoms with Gasteiger partial charge < -0.3 is 36.1 Å². The van der Waals surface area contributed by atoms with E-state index in [-0.39, 0.29) is 58.8 Å². The zero-order chi connectivity index (χ0) is 34.1. The highest BCUT2D eigenvalue weighted by Crippen LogP contribution is 2.28. The number of aromatic nitrogens is 2. The van der Waals surface area contributed by atoms with Gasteiger partial charge in [0.25, 0.3) is 11.8 Å².